The van der Waals surface area contributed by atoms with Crippen LogP contribution in [0.5, 0.6) is 0 Å². The van der Waals surface area contributed by atoms with E-state index in [1.54, 1.807) is 0 Å². The van der Waals surface area contributed by atoms with Gasteiger partial charge in [0, 0.05) is 15.5 Å². The number of hydrogen-bond acceptors (Lipinski definition) is 2. The van der Waals surface area contributed by atoms with E-state index in [2.05, 4.69) is 85.3 Å². The number of rotatable bonds is 2. The van der Waals surface area contributed by atoms with Crippen LogP contribution in [0.1, 0.15) is 34.1 Å². The van der Waals surface area contributed by atoms with E-state index in [1.165, 1.54) is 16.5 Å². The normalized spacial score (nSPS) is 23.4. The molecule has 21 heavy (non-hydrogen) atoms. The number of ether oxygens (including phenoxy) is 1. The minimum atomic E-state index is -0.169. The molecule has 2 nitrogen and oxygen atoms in total. The molecule has 2 aromatic carbocycles. The van der Waals surface area contributed by atoms with Crippen molar-refractivity contribution in [3.63, 3.8) is 0 Å². The molecule has 0 saturated carbocycles. The SMILES string of the molecule is CC1(C)CC(Nc2ccc(Br)c3ccccc23)C(C)(C)O1. The molecule has 1 N–H and O–H groups in total. The lowest BCUT2D eigenvalue weighted by molar-refractivity contribution is -0.0662. The van der Waals surface area contributed by atoms with Crippen molar-refractivity contribution in [2.45, 2.75) is 51.4 Å². The predicted molar refractivity (Wildman–Crippen MR) is 92.9 cm³/mol. The molecule has 0 amide bonds. The van der Waals surface area contributed by atoms with Crippen LogP contribution in [0.3, 0.4) is 0 Å². The van der Waals surface area contributed by atoms with Gasteiger partial charge in [0.15, 0.2) is 0 Å². The lowest BCUT2D eigenvalue weighted by atomic mass is 9.94. The van der Waals surface area contributed by atoms with Gasteiger partial charge in [-0.1, -0.05) is 40.2 Å². The first-order valence-corrected chi connectivity index (χ1v) is 8.22. The maximum atomic E-state index is 6.18. The first-order chi connectivity index (χ1) is 9.78. The van der Waals surface area contributed by atoms with Gasteiger partial charge in [0.25, 0.3) is 0 Å². The molecule has 1 unspecified atom stereocenters. The first-order valence-electron chi connectivity index (χ1n) is 7.42. The summed E-state index contributed by atoms with van der Waals surface area (Å²) in [5.41, 5.74) is 0.928. The Hall–Kier alpha value is -1.06. The van der Waals surface area contributed by atoms with Gasteiger partial charge in [-0.3, -0.25) is 0 Å². The average Bonchev–Trinajstić information content (AvgIpc) is 2.61. The molecule has 0 aliphatic carbocycles. The highest BCUT2D eigenvalue weighted by atomic mass is 79.9. The second-order valence-corrected chi connectivity index (χ2v) is 7.86. The van der Waals surface area contributed by atoms with Crippen molar-refractivity contribution in [3.05, 3.63) is 40.9 Å². The van der Waals surface area contributed by atoms with Crippen molar-refractivity contribution in [1.29, 1.82) is 0 Å². The summed E-state index contributed by atoms with van der Waals surface area (Å²) in [6, 6.07) is 13.0. The molecule has 1 fully saturated rings. The fraction of sp³-hybridized carbons (Fsp3) is 0.444. The lowest BCUT2D eigenvalue weighted by Gasteiger charge is -2.28. The molecular formula is C18H22BrNO. The van der Waals surface area contributed by atoms with Gasteiger partial charge >= 0.3 is 0 Å². The summed E-state index contributed by atoms with van der Waals surface area (Å²) in [4.78, 5) is 0. The van der Waals surface area contributed by atoms with Gasteiger partial charge in [-0.15, -0.1) is 0 Å². The van der Waals surface area contributed by atoms with Gasteiger partial charge in [0.1, 0.15) is 0 Å². The van der Waals surface area contributed by atoms with Crippen LogP contribution < -0.4 is 5.32 Å². The fourth-order valence-corrected chi connectivity index (χ4v) is 3.84. The maximum absolute atomic E-state index is 6.18. The minimum absolute atomic E-state index is 0.0770. The van der Waals surface area contributed by atoms with Crippen LogP contribution in [0.25, 0.3) is 10.8 Å². The predicted octanol–water partition coefficient (Wildman–Crippen LogP) is 5.36. The maximum Gasteiger partial charge on any atom is 0.0834 e. The standard InChI is InChI=1S/C18H22BrNO/c1-17(2)11-16(18(3,4)21-17)20-15-10-9-14(19)12-7-5-6-8-13(12)15/h5-10,16,20H,11H2,1-4H3. The first kappa shape index (κ1) is 14.9. The fourth-order valence-electron chi connectivity index (χ4n) is 3.36. The summed E-state index contributed by atoms with van der Waals surface area (Å²) in [6.45, 7) is 8.66. The van der Waals surface area contributed by atoms with Crippen LogP contribution in [0.15, 0.2) is 40.9 Å². The molecule has 2 aromatic rings. The third-order valence-electron chi connectivity index (χ3n) is 4.27. The van der Waals surface area contributed by atoms with Crippen molar-refractivity contribution in [3.8, 4) is 0 Å². The van der Waals surface area contributed by atoms with Crippen LogP contribution >= 0.6 is 15.9 Å². The molecule has 3 heteroatoms. The molecule has 0 bridgehead atoms. The Labute approximate surface area is 135 Å². The minimum Gasteiger partial charge on any atom is -0.379 e. The Morgan fingerprint density at radius 1 is 1.05 bits per heavy atom. The molecule has 1 aliphatic heterocycles. The van der Waals surface area contributed by atoms with E-state index in [9.17, 15) is 0 Å². The topological polar surface area (TPSA) is 21.3 Å². The smallest absolute Gasteiger partial charge is 0.0834 e. The molecule has 1 aliphatic rings. The van der Waals surface area contributed by atoms with Crippen molar-refractivity contribution < 1.29 is 4.74 Å². The van der Waals surface area contributed by atoms with Gasteiger partial charge in [-0.25, -0.2) is 0 Å². The van der Waals surface area contributed by atoms with Crippen molar-refractivity contribution >= 4 is 32.4 Å². The Kier molecular flexibility index (Phi) is 3.53. The highest BCUT2D eigenvalue weighted by Gasteiger charge is 2.45. The van der Waals surface area contributed by atoms with Crippen LogP contribution in [-0.4, -0.2) is 17.2 Å². The van der Waals surface area contributed by atoms with E-state index in [-0.39, 0.29) is 11.2 Å². The van der Waals surface area contributed by atoms with Gasteiger partial charge in [-0.2, -0.15) is 0 Å². The van der Waals surface area contributed by atoms with Crippen molar-refractivity contribution in [2.24, 2.45) is 0 Å². The number of fused-ring (bicyclic) bond motifs is 1. The van der Waals surface area contributed by atoms with Gasteiger partial charge in [0.2, 0.25) is 0 Å². The molecule has 112 valence electrons. The zero-order valence-corrected chi connectivity index (χ0v) is 14.6. The number of hydrogen-bond donors (Lipinski definition) is 1. The van der Waals surface area contributed by atoms with E-state index in [4.69, 9.17) is 4.74 Å². The number of anilines is 1. The van der Waals surface area contributed by atoms with Crippen LogP contribution in [0, 0.1) is 0 Å². The number of nitrogens with one attached hydrogen (secondary N) is 1. The quantitative estimate of drug-likeness (QED) is 0.789. The zero-order valence-electron chi connectivity index (χ0n) is 13.0. The van der Waals surface area contributed by atoms with Crippen LogP contribution in [-0.2, 0) is 4.74 Å². The highest BCUT2D eigenvalue weighted by Crippen LogP contribution is 2.40. The average molecular weight is 348 g/mol. The molecule has 0 radical (unpaired) electrons. The number of halogens is 1. The highest BCUT2D eigenvalue weighted by molar-refractivity contribution is 9.10. The Balaban J connectivity index is 1.98. The molecule has 1 saturated heterocycles. The summed E-state index contributed by atoms with van der Waals surface area (Å²) in [7, 11) is 0. The third-order valence-corrected chi connectivity index (χ3v) is 4.97. The summed E-state index contributed by atoms with van der Waals surface area (Å²) >= 11 is 3.63. The Morgan fingerprint density at radius 3 is 2.33 bits per heavy atom. The van der Waals surface area contributed by atoms with Crippen molar-refractivity contribution in [2.75, 3.05) is 5.32 Å². The van der Waals surface area contributed by atoms with Crippen LogP contribution in [0.4, 0.5) is 5.69 Å². The lowest BCUT2D eigenvalue weighted by Crippen LogP contribution is -2.38. The summed E-state index contributed by atoms with van der Waals surface area (Å²) in [6.07, 6.45) is 1.00. The number of benzene rings is 2. The van der Waals surface area contributed by atoms with Gasteiger partial charge < -0.3 is 10.1 Å². The summed E-state index contributed by atoms with van der Waals surface area (Å²) in [5, 5.41) is 6.19. The molecule has 1 heterocycles. The van der Waals surface area contributed by atoms with E-state index >= 15 is 0 Å². The van der Waals surface area contributed by atoms with Gasteiger partial charge in [0.05, 0.1) is 17.2 Å². The third kappa shape index (κ3) is 2.82. The van der Waals surface area contributed by atoms with Crippen molar-refractivity contribution in [1.82, 2.24) is 0 Å². The van der Waals surface area contributed by atoms with E-state index < -0.39 is 0 Å². The van der Waals surface area contributed by atoms with Crippen LogP contribution in [0.2, 0.25) is 0 Å². The second-order valence-electron chi connectivity index (χ2n) is 7.01. The zero-order chi connectivity index (χ0) is 15.3. The second kappa shape index (κ2) is 4.99. The Morgan fingerprint density at radius 2 is 1.71 bits per heavy atom. The van der Waals surface area contributed by atoms with E-state index in [1.807, 2.05) is 0 Å². The largest absolute Gasteiger partial charge is 0.379 e. The van der Waals surface area contributed by atoms with E-state index in [0.717, 1.165) is 10.9 Å². The Bertz CT molecular complexity index is 678. The molecule has 0 spiro atoms. The summed E-state index contributed by atoms with van der Waals surface area (Å²) in [5.74, 6) is 0. The van der Waals surface area contributed by atoms with Gasteiger partial charge in [-0.05, 0) is 51.6 Å². The molecular weight excluding hydrogens is 326 g/mol. The monoisotopic (exact) mass is 347 g/mol. The molecule has 0 aromatic heterocycles. The summed E-state index contributed by atoms with van der Waals surface area (Å²) < 4.78 is 7.32. The molecule has 3 rings (SSSR count). The molecule has 1 atom stereocenters. The van der Waals surface area contributed by atoms with E-state index in [0.29, 0.717) is 6.04 Å².